The van der Waals surface area contributed by atoms with Gasteiger partial charge in [-0.1, -0.05) is 47.1 Å². The van der Waals surface area contributed by atoms with Crippen LogP contribution in [0.25, 0.3) is 0 Å². The SMILES string of the molecule is C=C1C[C@H]2C(O)N(C(=O)OCC3(SSCC)CCC3)c3cc(OC)c(OC)cc3C(=O)N2C1. The lowest BCUT2D eigenvalue weighted by molar-refractivity contribution is 0.0475. The number of benzene rings is 1. The summed E-state index contributed by atoms with van der Waals surface area (Å²) in [5, 5.41) is 11.3. The summed E-state index contributed by atoms with van der Waals surface area (Å²) < 4.78 is 16.5. The van der Waals surface area contributed by atoms with Crippen LogP contribution in [0.15, 0.2) is 24.3 Å². The Labute approximate surface area is 202 Å². The van der Waals surface area contributed by atoms with Gasteiger partial charge in [-0.25, -0.2) is 9.69 Å². The number of hydrogen-bond donors (Lipinski definition) is 1. The van der Waals surface area contributed by atoms with E-state index in [1.54, 1.807) is 38.6 Å². The van der Waals surface area contributed by atoms with E-state index in [1.807, 2.05) is 0 Å². The first-order valence-electron chi connectivity index (χ1n) is 11.0. The van der Waals surface area contributed by atoms with Crippen molar-refractivity contribution in [2.45, 2.75) is 49.6 Å². The van der Waals surface area contributed by atoms with Gasteiger partial charge < -0.3 is 24.2 Å². The maximum absolute atomic E-state index is 13.4. The van der Waals surface area contributed by atoms with Gasteiger partial charge in [0.1, 0.15) is 6.61 Å². The van der Waals surface area contributed by atoms with Gasteiger partial charge in [0.15, 0.2) is 17.7 Å². The molecule has 1 aromatic carbocycles. The summed E-state index contributed by atoms with van der Waals surface area (Å²) >= 11 is 0. The van der Waals surface area contributed by atoms with E-state index in [4.69, 9.17) is 14.2 Å². The number of amides is 2. The fourth-order valence-electron chi connectivity index (χ4n) is 4.50. The largest absolute Gasteiger partial charge is 0.493 e. The Bertz CT molecular complexity index is 951. The van der Waals surface area contributed by atoms with Crippen LogP contribution in [-0.2, 0) is 4.74 Å². The zero-order chi connectivity index (χ0) is 23.8. The van der Waals surface area contributed by atoms with Gasteiger partial charge in [0, 0.05) is 18.4 Å². The molecule has 33 heavy (non-hydrogen) atoms. The van der Waals surface area contributed by atoms with Gasteiger partial charge in [-0.2, -0.15) is 0 Å². The molecule has 1 saturated heterocycles. The lowest BCUT2D eigenvalue weighted by Crippen LogP contribution is -2.51. The van der Waals surface area contributed by atoms with E-state index in [0.29, 0.717) is 24.5 Å². The van der Waals surface area contributed by atoms with Crippen molar-refractivity contribution < 1.29 is 28.9 Å². The number of aliphatic hydroxyl groups is 1. The quantitative estimate of drug-likeness (QED) is 0.448. The number of methoxy groups -OCH3 is 2. The number of anilines is 1. The molecule has 2 fully saturated rings. The monoisotopic (exact) mass is 494 g/mol. The number of nitrogens with zero attached hydrogens (tertiary/aromatic N) is 2. The maximum Gasteiger partial charge on any atom is 0.416 e. The van der Waals surface area contributed by atoms with Gasteiger partial charge in [-0.05, 0) is 25.3 Å². The van der Waals surface area contributed by atoms with Crippen LogP contribution in [0.2, 0.25) is 0 Å². The average molecular weight is 495 g/mol. The van der Waals surface area contributed by atoms with E-state index in [0.717, 1.165) is 30.6 Å². The molecule has 0 spiro atoms. The number of carbonyl (C=O) groups is 2. The molecule has 1 aliphatic carbocycles. The van der Waals surface area contributed by atoms with Crippen molar-refractivity contribution in [2.24, 2.45) is 0 Å². The lowest BCUT2D eigenvalue weighted by atomic mass is 9.85. The topological polar surface area (TPSA) is 88.5 Å². The molecule has 1 N–H and O–H groups in total. The van der Waals surface area contributed by atoms with Crippen molar-refractivity contribution in [3.05, 3.63) is 29.8 Å². The number of fused-ring (bicyclic) bond motifs is 2. The first-order valence-corrected chi connectivity index (χ1v) is 13.3. The smallest absolute Gasteiger partial charge is 0.416 e. The van der Waals surface area contributed by atoms with Crippen LogP contribution < -0.4 is 14.4 Å². The molecule has 2 amide bonds. The molecule has 2 aliphatic heterocycles. The predicted molar refractivity (Wildman–Crippen MR) is 130 cm³/mol. The molecule has 0 aromatic heterocycles. The number of rotatable bonds is 7. The van der Waals surface area contributed by atoms with Gasteiger partial charge in [0.05, 0.1) is 36.3 Å². The number of ether oxygens (including phenoxy) is 3. The molecular weight excluding hydrogens is 464 g/mol. The van der Waals surface area contributed by atoms with Crippen molar-refractivity contribution in [3.8, 4) is 11.5 Å². The summed E-state index contributed by atoms with van der Waals surface area (Å²) in [4.78, 5) is 29.6. The van der Waals surface area contributed by atoms with Gasteiger partial charge in [0.25, 0.3) is 5.91 Å². The normalized spacial score (nSPS) is 23.4. The Morgan fingerprint density at radius 2 is 1.97 bits per heavy atom. The maximum atomic E-state index is 13.4. The van der Waals surface area contributed by atoms with E-state index in [-0.39, 0.29) is 28.5 Å². The van der Waals surface area contributed by atoms with E-state index >= 15 is 0 Å². The Morgan fingerprint density at radius 1 is 1.27 bits per heavy atom. The highest BCUT2D eigenvalue weighted by atomic mass is 33.1. The molecule has 1 aromatic rings. The van der Waals surface area contributed by atoms with E-state index < -0.39 is 18.4 Å². The van der Waals surface area contributed by atoms with E-state index in [9.17, 15) is 14.7 Å². The minimum Gasteiger partial charge on any atom is -0.493 e. The third kappa shape index (κ3) is 4.40. The third-order valence-corrected chi connectivity index (χ3v) is 9.78. The van der Waals surface area contributed by atoms with Gasteiger partial charge >= 0.3 is 6.09 Å². The van der Waals surface area contributed by atoms with E-state index in [2.05, 4.69) is 13.5 Å². The molecule has 1 unspecified atom stereocenters. The second kappa shape index (κ2) is 9.68. The molecule has 0 radical (unpaired) electrons. The zero-order valence-electron chi connectivity index (χ0n) is 19.2. The van der Waals surface area contributed by atoms with Crippen molar-refractivity contribution in [1.82, 2.24) is 4.90 Å². The predicted octanol–water partition coefficient (Wildman–Crippen LogP) is 4.07. The highest BCUT2D eigenvalue weighted by molar-refractivity contribution is 8.77. The molecule has 2 atom stereocenters. The summed E-state index contributed by atoms with van der Waals surface area (Å²) in [6, 6.07) is 2.49. The van der Waals surface area contributed by atoms with Crippen LogP contribution in [0.3, 0.4) is 0 Å². The number of hydrogen-bond acceptors (Lipinski definition) is 8. The zero-order valence-corrected chi connectivity index (χ0v) is 20.8. The van der Waals surface area contributed by atoms with Crippen molar-refractivity contribution >= 4 is 39.3 Å². The van der Waals surface area contributed by atoms with Crippen LogP contribution in [0, 0.1) is 0 Å². The third-order valence-electron chi connectivity index (χ3n) is 6.43. The summed E-state index contributed by atoms with van der Waals surface area (Å²) in [6.07, 6.45) is 1.51. The van der Waals surface area contributed by atoms with Gasteiger partial charge in [0.2, 0.25) is 0 Å². The molecule has 0 bridgehead atoms. The molecule has 3 aliphatic rings. The molecular formula is C23H30N2O6S2. The van der Waals surface area contributed by atoms with E-state index in [1.165, 1.54) is 19.1 Å². The summed E-state index contributed by atoms with van der Waals surface area (Å²) in [5.41, 5.74) is 1.31. The Hall–Kier alpha value is -2.04. The fraction of sp³-hybridized carbons (Fsp3) is 0.565. The first kappa shape index (κ1) is 24.1. The molecule has 180 valence electrons. The minimum absolute atomic E-state index is 0.100. The Morgan fingerprint density at radius 3 is 2.58 bits per heavy atom. The van der Waals surface area contributed by atoms with Crippen molar-refractivity contribution in [1.29, 1.82) is 0 Å². The summed E-state index contributed by atoms with van der Waals surface area (Å²) in [5.74, 6) is 1.40. The summed E-state index contributed by atoms with van der Waals surface area (Å²) in [6.45, 7) is 6.67. The number of carbonyl (C=O) groups excluding carboxylic acids is 2. The van der Waals surface area contributed by atoms with Crippen LogP contribution >= 0.6 is 21.6 Å². The van der Waals surface area contributed by atoms with Crippen molar-refractivity contribution in [2.75, 3.05) is 38.0 Å². The lowest BCUT2D eigenvalue weighted by Gasteiger charge is -2.40. The standard InChI is InChI=1S/C23H30N2O6S2/c1-5-32-33-23(7-6-8-23)13-31-22(28)25-16-11-19(30-4)18(29-3)10-15(16)20(26)24-12-14(2)9-17(24)21(25)27/h10-11,17,21,27H,2,5-9,12-13H2,1,3-4H3/t17-,21?/m0/s1. The van der Waals surface area contributed by atoms with Crippen LogP contribution in [-0.4, -0.2) is 72.1 Å². The highest BCUT2D eigenvalue weighted by Gasteiger charge is 2.47. The Kier molecular flexibility index (Phi) is 7.07. The molecule has 8 nitrogen and oxygen atoms in total. The second-order valence-corrected chi connectivity index (χ2v) is 11.6. The summed E-state index contributed by atoms with van der Waals surface area (Å²) in [7, 11) is 6.49. The van der Waals surface area contributed by atoms with Crippen LogP contribution in [0.1, 0.15) is 43.0 Å². The van der Waals surface area contributed by atoms with Gasteiger partial charge in [-0.3, -0.25) is 4.79 Å². The molecule has 4 rings (SSSR count). The molecule has 1 saturated carbocycles. The Balaban J connectivity index is 1.69. The van der Waals surface area contributed by atoms with Gasteiger partial charge in [-0.15, -0.1) is 0 Å². The van der Waals surface area contributed by atoms with Crippen molar-refractivity contribution in [3.63, 3.8) is 0 Å². The van der Waals surface area contributed by atoms with Crippen LogP contribution in [0.5, 0.6) is 11.5 Å². The molecule has 10 heteroatoms. The second-order valence-electron chi connectivity index (χ2n) is 8.54. The highest BCUT2D eigenvalue weighted by Crippen LogP contribution is 2.50. The fourth-order valence-corrected chi connectivity index (χ4v) is 7.18. The number of aliphatic hydroxyl groups excluding tert-OH is 1. The average Bonchev–Trinajstić information content (AvgIpc) is 3.15. The van der Waals surface area contributed by atoms with Crippen LogP contribution in [0.4, 0.5) is 10.5 Å². The first-order chi connectivity index (χ1) is 15.8. The molecule has 2 heterocycles. The minimum atomic E-state index is -1.28.